The number of aryl methyl sites for hydroxylation is 1. The molecule has 2 aromatic carbocycles. The fourth-order valence-corrected chi connectivity index (χ4v) is 3.74. The smallest absolute Gasteiger partial charge is 0.147 e. The van der Waals surface area contributed by atoms with Gasteiger partial charge in [-0.3, -0.25) is 0 Å². The van der Waals surface area contributed by atoms with E-state index in [0.717, 1.165) is 24.8 Å². The number of hydrogen-bond acceptors (Lipinski definition) is 3. The molecular weight excluding hydrogens is 338 g/mol. The molecule has 2 nitrogen and oxygen atoms in total. The van der Waals surface area contributed by atoms with E-state index in [1.807, 2.05) is 47.2 Å². The van der Waals surface area contributed by atoms with Crippen molar-refractivity contribution in [3.8, 4) is 5.75 Å². The van der Waals surface area contributed by atoms with E-state index < -0.39 is 0 Å². The second kappa shape index (κ2) is 12.0. The summed E-state index contributed by atoms with van der Waals surface area (Å²) in [7, 11) is 0. The van der Waals surface area contributed by atoms with Crippen LogP contribution in [0.2, 0.25) is 0 Å². The molecule has 0 unspecified atom stereocenters. The molecule has 0 aliphatic carbocycles. The average molecular weight is 372 g/mol. The van der Waals surface area contributed by atoms with Gasteiger partial charge in [0.25, 0.3) is 0 Å². The van der Waals surface area contributed by atoms with Crippen molar-refractivity contribution in [2.24, 2.45) is 5.92 Å². The van der Waals surface area contributed by atoms with Crippen LogP contribution < -0.4 is 4.84 Å². The topological polar surface area (TPSA) is 12.5 Å². The standard InChI is InChI=1S/C10H13NO.C9H10S.C4H10/c1-2-6-10(7-3-1)12-11-8-4-5-9-11;1-2-6-9-8(4-1)5-3-7-10-9;1-4(2)3/h1-3,6-7H,4-5,8-9H2;1-2,4,6H,3,5,7H2;4H,1-3H3. The van der Waals surface area contributed by atoms with Crippen LogP contribution >= 0.6 is 11.8 Å². The van der Waals surface area contributed by atoms with Gasteiger partial charge in [-0.05, 0) is 61.1 Å². The number of rotatable bonds is 2. The summed E-state index contributed by atoms with van der Waals surface area (Å²) in [5.74, 6) is 3.08. The Hall–Kier alpha value is -1.45. The molecule has 0 atom stereocenters. The Morgan fingerprint density at radius 2 is 1.46 bits per heavy atom. The van der Waals surface area contributed by atoms with Crippen LogP contribution in [0.15, 0.2) is 59.5 Å². The molecule has 142 valence electrons. The van der Waals surface area contributed by atoms with Crippen LogP contribution in [-0.2, 0) is 6.42 Å². The number of para-hydroxylation sites is 1. The summed E-state index contributed by atoms with van der Waals surface area (Å²) >= 11 is 1.99. The van der Waals surface area contributed by atoms with Gasteiger partial charge in [-0.15, -0.1) is 16.8 Å². The fraction of sp³-hybridized carbons (Fsp3) is 0.478. The molecule has 2 aromatic rings. The lowest BCUT2D eigenvalue weighted by atomic mass is 10.1. The van der Waals surface area contributed by atoms with Crippen LogP contribution in [0.3, 0.4) is 0 Å². The van der Waals surface area contributed by atoms with Crippen LogP contribution in [-0.4, -0.2) is 23.9 Å². The van der Waals surface area contributed by atoms with E-state index >= 15 is 0 Å². The van der Waals surface area contributed by atoms with Crippen molar-refractivity contribution >= 4 is 11.8 Å². The van der Waals surface area contributed by atoms with Crippen molar-refractivity contribution in [1.82, 2.24) is 5.06 Å². The van der Waals surface area contributed by atoms with E-state index in [1.165, 1.54) is 36.3 Å². The van der Waals surface area contributed by atoms with Gasteiger partial charge in [-0.2, -0.15) is 0 Å². The van der Waals surface area contributed by atoms with Gasteiger partial charge in [-0.25, -0.2) is 0 Å². The van der Waals surface area contributed by atoms with Crippen LogP contribution in [0.25, 0.3) is 0 Å². The maximum atomic E-state index is 5.61. The Morgan fingerprint density at radius 1 is 0.846 bits per heavy atom. The van der Waals surface area contributed by atoms with Crippen LogP contribution in [0.1, 0.15) is 45.6 Å². The lowest BCUT2D eigenvalue weighted by molar-refractivity contribution is -0.0346. The molecule has 2 aliphatic heterocycles. The van der Waals surface area contributed by atoms with Gasteiger partial charge < -0.3 is 4.84 Å². The predicted molar refractivity (Wildman–Crippen MR) is 114 cm³/mol. The molecule has 4 rings (SSSR count). The van der Waals surface area contributed by atoms with Gasteiger partial charge >= 0.3 is 0 Å². The first-order chi connectivity index (χ1) is 12.6. The van der Waals surface area contributed by atoms with Gasteiger partial charge in [0, 0.05) is 18.0 Å². The number of thioether (sulfide) groups is 1. The maximum absolute atomic E-state index is 5.61. The van der Waals surface area contributed by atoms with E-state index in [1.54, 1.807) is 5.56 Å². The third-order valence-corrected chi connectivity index (χ3v) is 5.07. The SMILES string of the molecule is CC(C)C.c1ccc(ON2CCCC2)cc1.c1ccc2c(c1)CCCS2. The number of nitrogens with zero attached hydrogens (tertiary/aromatic N) is 1. The van der Waals surface area contributed by atoms with Crippen molar-refractivity contribution in [1.29, 1.82) is 0 Å². The molecule has 3 heteroatoms. The van der Waals surface area contributed by atoms with E-state index in [9.17, 15) is 0 Å². The Labute approximate surface area is 163 Å². The number of hydrogen-bond donors (Lipinski definition) is 0. The number of benzene rings is 2. The fourth-order valence-electron chi connectivity index (χ4n) is 2.71. The zero-order valence-electron chi connectivity index (χ0n) is 16.5. The maximum Gasteiger partial charge on any atom is 0.147 e. The molecule has 2 aliphatic rings. The monoisotopic (exact) mass is 371 g/mol. The highest BCUT2D eigenvalue weighted by atomic mass is 32.2. The summed E-state index contributed by atoms with van der Waals surface area (Å²) in [6, 6.07) is 18.7. The molecule has 0 radical (unpaired) electrons. The van der Waals surface area contributed by atoms with Crippen molar-refractivity contribution in [2.75, 3.05) is 18.8 Å². The highest BCUT2D eigenvalue weighted by Gasteiger charge is 2.12. The normalized spacial score (nSPS) is 16.0. The number of fused-ring (bicyclic) bond motifs is 1. The Balaban J connectivity index is 0.000000158. The minimum absolute atomic E-state index is 0.833. The Morgan fingerprint density at radius 3 is 2.12 bits per heavy atom. The molecule has 0 aromatic heterocycles. The predicted octanol–water partition coefficient (Wildman–Crippen LogP) is 6.46. The number of hydroxylamine groups is 2. The summed E-state index contributed by atoms with van der Waals surface area (Å²) in [5.41, 5.74) is 1.54. The quantitative estimate of drug-likeness (QED) is 0.601. The minimum Gasteiger partial charge on any atom is -0.406 e. The molecule has 0 bridgehead atoms. The zero-order valence-corrected chi connectivity index (χ0v) is 17.3. The largest absolute Gasteiger partial charge is 0.406 e. The summed E-state index contributed by atoms with van der Waals surface area (Å²) in [5, 5.41) is 2.02. The van der Waals surface area contributed by atoms with Gasteiger partial charge in [0.15, 0.2) is 0 Å². The van der Waals surface area contributed by atoms with E-state index in [-0.39, 0.29) is 0 Å². The van der Waals surface area contributed by atoms with Crippen LogP contribution in [0, 0.1) is 5.92 Å². The minimum atomic E-state index is 0.833. The molecule has 1 fully saturated rings. The molecular formula is C23H33NOS. The summed E-state index contributed by atoms with van der Waals surface area (Å²) < 4.78 is 0. The average Bonchev–Trinajstić information content (AvgIpc) is 3.16. The molecule has 1 saturated heterocycles. The van der Waals surface area contributed by atoms with Gasteiger partial charge in [0.05, 0.1) is 0 Å². The second-order valence-electron chi connectivity index (χ2n) is 7.33. The summed E-state index contributed by atoms with van der Waals surface area (Å²) in [6.07, 6.45) is 5.14. The first kappa shape index (κ1) is 20.9. The van der Waals surface area contributed by atoms with Crippen molar-refractivity contribution in [3.05, 3.63) is 60.2 Å². The van der Waals surface area contributed by atoms with Crippen LogP contribution in [0.5, 0.6) is 5.75 Å². The van der Waals surface area contributed by atoms with Gasteiger partial charge in [0.1, 0.15) is 5.75 Å². The first-order valence-electron chi connectivity index (χ1n) is 9.84. The molecule has 0 saturated carbocycles. The third kappa shape index (κ3) is 8.29. The lowest BCUT2D eigenvalue weighted by Crippen LogP contribution is -2.23. The highest BCUT2D eigenvalue weighted by Crippen LogP contribution is 2.28. The van der Waals surface area contributed by atoms with E-state index in [2.05, 4.69) is 45.0 Å². The van der Waals surface area contributed by atoms with Gasteiger partial charge in [0.2, 0.25) is 0 Å². The molecule has 26 heavy (non-hydrogen) atoms. The molecule has 2 heterocycles. The Kier molecular flexibility index (Phi) is 9.65. The summed E-state index contributed by atoms with van der Waals surface area (Å²) in [4.78, 5) is 7.10. The van der Waals surface area contributed by atoms with Crippen LogP contribution in [0.4, 0.5) is 0 Å². The lowest BCUT2D eigenvalue weighted by Gasteiger charge is -2.15. The van der Waals surface area contributed by atoms with Gasteiger partial charge in [-0.1, -0.05) is 57.2 Å². The van der Waals surface area contributed by atoms with Crippen molar-refractivity contribution < 1.29 is 4.84 Å². The van der Waals surface area contributed by atoms with Crippen molar-refractivity contribution in [2.45, 2.75) is 51.3 Å². The third-order valence-electron chi connectivity index (χ3n) is 3.86. The second-order valence-corrected chi connectivity index (χ2v) is 8.47. The molecule has 0 N–H and O–H groups in total. The first-order valence-corrected chi connectivity index (χ1v) is 10.8. The van der Waals surface area contributed by atoms with E-state index in [4.69, 9.17) is 4.84 Å². The van der Waals surface area contributed by atoms with E-state index in [0.29, 0.717) is 0 Å². The molecule has 0 spiro atoms. The highest BCUT2D eigenvalue weighted by molar-refractivity contribution is 7.99. The molecule has 0 amide bonds. The van der Waals surface area contributed by atoms with Crippen molar-refractivity contribution in [3.63, 3.8) is 0 Å². The zero-order chi connectivity index (χ0) is 18.6. The summed E-state index contributed by atoms with van der Waals surface area (Å²) in [6.45, 7) is 8.63. The Bertz CT molecular complexity index is 581.